The van der Waals surface area contributed by atoms with Gasteiger partial charge in [0.25, 0.3) is 0 Å². The first kappa shape index (κ1) is 37.4. The van der Waals surface area contributed by atoms with Crippen molar-refractivity contribution in [2.24, 2.45) is 22.2 Å². The second-order valence-electron chi connectivity index (χ2n) is 19.2. The molecule has 4 aliphatic carbocycles. The van der Waals surface area contributed by atoms with E-state index in [0.29, 0.717) is 34.2 Å². The van der Waals surface area contributed by atoms with Gasteiger partial charge in [-0.15, -0.1) is 0 Å². The Hall–Kier alpha value is -8.01. The highest BCUT2D eigenvalue weighted by Crippen LogP contribution is 2.79. The predicted molar refractivity (Wildman–Crippen MR) is 268 cm³/mol. The zero-order valence-corrected chi connectivity index (χ0v) is 36.2. The second kappa shape index (κ2) is 14.0. The molecular weight excluding hydrogens is 805 g/mol. The molecule has 2 bridgehead atoms. The number of aliphatic imine (C=N–C) groups is 1. The van der Waals surface area contributed by atoms with E-state index in [1.165, 1.54) is 64.3 Å². The van der Waals surface area contributed by atoms with Crippen LogP contribution in [0.3, 0.4) is 0 Å². The largest absolute Gasteiger partial charge is 0.309 e. The van der Waals surface area contributed by atoms with Gasteiger partial charge in [-0.25, -0.2) is 4.99 Å². The second-order valence-corrected chi connectivity index (χ2v) is 19.2. The van der Waals surface area contributed by atoms with Crippen molar-refractivity contribution in [2.75, 3.05) is 5.43 Å². The van der Waals surface area contributed by atoms with Crippen LogP contribution in [0.25, 0.3) is 71.6 Å². The summed E-state index contributed by atoms with van der Waals surface area (Å²) in [5, 5.41) is 23.3. The summed E-state index contributed by atoms with van der Waals surface area (Å²) in [6.45, 7) is 0. The molecule has 1 spiro atoms. The minimum atomic E-state index is 0.0661. The van der Waals surface area contributed by atoms with Gasteiger partial charge in [0.05, 0.1) is 33.7 Å². The van der Waals surface area contributed by atoms with Gasteiger partial charge in [-0.2, -0.15) is 5.26 Å². The minimum Gasteiger partial charge on any atom is -0.309 e. The predicted octanol–water partition coefficient (Wildman–Crippen LogP) is 14.1. The summed E-state index contributed by atoms with van der Waals surface area (Å²) in [6, 6.07) is 67.0. The van der Waals surface area contributed by atoms with Crippen LogP contribution in [-0.2, 0) is 0 Å². The van der Waals surface area contributed by atoms with Crippen LogP contribution in [0.5, 0.6) is 0 Å². The van der Waals surface area contributed by atoms with Gasteiger partial charge in [0.2, 0.25) is 0 Å². The SMILES string of the molecule is N#Cc1cccc(C(=N)N=C(Nn2c3ccccc3c3cc(-c4ccc5c(c4)c4ccccc4n5-c4ccc5c(c4)C4CC6CC7CC(c8ccccc8-5)C64C7)ccc32)c2ccccc2)c1. The van der Waals surface area contributed by atoms with Gasteiger partial charge >= 0.3 is 0 Å². The van der Waals surface area contributed by atoms with Crippen LogP contribution in [0, 0.1) is 34.0 Å². The van der Waals surface area contributed by atoms with Crippen LogP contribution in [-0.4, -0.2) is 20.9 Å². The van der Waals surface area contributed by atoms with E-state index in [1.54, 1.807) is 29.3 Å². The maximum atomic E-state index is 9.53. The number of benzene rings is 8. The van der Waals surface area contributed by atoms with Gasteiger partial charge in [-0.1, -0.05) is 121 Å². The van der Waals surface area contributed by atoms with Crippen LogP contribution >= 0.6 is 0 Å². The lowest BCUT2D eigenvalue weighted by atomic mass is 9.47. The Morgan fingerprint density at radius 3 is 2.05 bits per heavy atom. The quantitative estimate of drug-likeness (QED) is 0.134. The Morgan fingerprint density at radius 1 is 0.576 bits per heavy atom. The number of rotatable bonds is 5. The fraction of sp³-hybridized carbons (Fsp3) is 0.150. The molecule has 4 aliphatic rings. The van der Waals surface area contributed by atoms with Crippen molar-refractivity contribution in [3.05, 3.63) is 210 Å². The van der Waals surface area contributed by atoms with E-state index in [0.717, 1.165) is 50.3 Å². The van der Waals surface area contributed by atoms with Gasteiger partial charge in [-0.3, -0.25) is 15.5 Å². The molecule has 66 heavy (non-hydrogen) atoms. The van der Waals surface area contributed by atoms with Gasteiger partial charge in [-0.05, 0) is 149 Å². The average Bonchev–Trinajstić information content (AvgIpc) is 4.08. The Balaban J connectivity index is 0.873. The lowest BCUT2D eigenvalue weighted by molar-refractivity contribution is -0.000477. The molecule has 0 amide bonds. The topological polar surface area (TPSA) is 81.9 Å². The van der Waals surface area contributed by atoms with Gasteiger partial charge < -0.3 is 4.57 Å². The van der Waals surface area contributed by atoms with Crippen LogP contribution in [0.4, 0.5) is 0 Å². The van der Waals surface area contributed by atoms with Crippen LogP contribution in [0.2, 0.25) is 0 Å². The summed E-state index contributed by atoms with van der Waals surface area (Å²) >= 11 is 0. The molecule has 2 N–H and O–H groups in total. The number of nitriles is 1. The molecule has 6 heteroatoms. The highest BCUT2D eigenvalue weighted by atomic mass is 15.4. The smallest absolute Gasteiger partial charge is 0.154 e. The van der Waals surface area contributed by atoms with Crippen molar-refractivity contribution < 1.29 is 0 Å². The maximum Gasteiger partial charge on any atom is 0.154 e. The Bertz CT molecular complexity index is 3770. The molecule has 3 saturated carbocycles. The maximum absolute atomic E-state index is 9.53. The van der Waals surface area contributed by atoms with E-state index in [-0.39, 0.29) is 5.84 Å². The standard InChI is InChI=1S/C60H44N6/c61-35-36-11-10-14-41(27-36)58(62)63-59(38-12-2-1-3-13-38)64-66-56-20-9-7-18-48(56)51-31-40(22-26-57(51)66)39-21-25-55-50(30-39)47-17-6-8-19-54(47)65(55)43-23-24-45-44-15-4-5-16-46(44)52-29-37-28-42-32-53(49(45)33-43)60(42,52)34-37/h1-27,30-31,33,37,42,52-53H,28-29,32,34H2,(H2,62,63,64). The number of hydrogen-bond donors (Lipinski definition) is 2. The van der Waals surface area contributed by atoms with E-state index in [1.807, 2.05) is 36.4 Å². The minimum absolute atomic E-state index is 0.0661. The summed E-state index contributed by atoms with van der Waals surface area (Å²) in [6.07, 6.45) is 5.53. The van der Waals surface area contributed by atoms with Crippen LogP contribution in [0.1, 0.15) is 65.3 Å². The third-order valence-electron chi connectivity index (χ3n) is 16.1. The Labute approximate surface area is 382 Å². The van der Waals surface area contributed by atoms with Crippen LogP contribution in [0.15, 0.2) is 187 Å². The molecule has 8 aromatic carbocycles. The average molecular weight is 849 g/mol. The molecule has 6 nitrogen and oxygen atoms in total. The lowest BCUT2D eigenvalue weighted by Crippen LogP contribution is -2.47. The summed E-state index contributed by atoms with van der Waals surface area (Å²) < 4.78 is 4.59. The van der Waals surface area contributed by atoms with E-state index >= 15 is 0 Å². The number of amidine groups is 2. The number of hydrogen-bond acceptors (Lipinski definition) is 2. The van der Waals surface area contributed by atoms with Crippen molar-refractivity contribution in [1.29, 1.82) is 10.7 Å². The Morgan fingerprint density at radius 2 is 1.23 bits per heavy atom. The van der Waals surface area contributed by atoms with Gasteiger partial charge in [0.1, 0.15) is 0 Å². The number of aromatic nitrogens is 2. The van der Waals surface area contributed by atoms with Gasteiger partial charge in [0, 0.05) is 38.4 Å². The summed E-state index contributed by atoms with van der Waals surface area (Å²) in [5.74, 6) is 3.66. The third-order valence-corrected chi connectivity index (χ3v) is 16.1. The van der Waals surface area contributed by atoms with Crippen molar-refractivity contribution in [3.8, 4) is 34.0 Å². The van der Waals surface area contributed by atoms with E-state index in [9.17, 15) is 5.26 Å². The fourth-order valence-corrected chi connectivity index (χ4v) is 13.4. The molecule has 0 radical (unpaired) electrons. The van der Waals surface area contributed by atoms with Crippen LogP contribution < -0.4 is 5.43 Å². The zero-order chi connectivity index (χ0) is 43.7. The Kier molecular flexibility index (Phi) is 7.92. The van der Waals surface area contributed by atoms with Crippen molar-refractivity contribution in [2.45, 2.75) is 37.5 Å². The molecule has 5 atom stereocenters. The molecule has 2 aromatic heterocycles. The van der Waals surface area contributed by atoms with Crippen molar-refractivity contribution in [3.63, 3.8) is 0 Å². The number of nitrogens with one attached hydrogen (secondary N) is 2. The molecule has 314 valence electrons. The summed E-state index contributed by atoms with van der Waals surface area (Å²) in [4.78, 5) is 4.84. The summed E-state index contributed by atoms with van der Waals surface area (Å²) in [7, 11) is 0. The molecule has 2 heterocycles. The first-order valence-corrected chi connectivity index (χ1v) is 23.3. The normalized spacial score (nSPS) is 21.3. The summed E-state index contributed by atoms with van der Waals surface area (Å²) in [5.41, 5.74) is 20.1. The highest BCUT2D eigenvalue weighted by Gasteiger charge is 2.68. The van der Waals surface area contributed by atoms with Crippen molar-refractivity contribution in [1.82, 2.24) is 9.24 Å². The number of fused-ring (bicyclic) bond motifs is 12. The molecule has 3 fully saturated rings. The molecule has 14 rings (SSSR count). The molecule has 10 aromatic rings. The lowest BCUT2D eigenvalue weighted by Gasteiger charge is -2.56. The first-order valence-electron chi connectivity index (χ1n) is 23.3. The zero-order valence-electron chi connectivity index (χ0n) is 36.2. The van der Waals surface area contributed by atoms with Crippen molar-refractivity contribution >= 4 is 55.3 Å². The van der Waals surface area contributed by atoms with Gasteiger partial charge in [0.15, 0.2) is 11.7 Å². The van der Waals surface area contributed by atoms with E-state index < -0.39 is 0 Å². The van der Waals surface area contributed by atoms with E-state index in [2.05, 4.69) is 148 Å². The monoisotopic (exact) mass is 848 g/mol. The molecule has 0 aliphatic heterocycles. The van der Waals surface area contributed by atoms with E-state index in [4.69, 9.17) is 10.4 Å². The fourth-order valence-electron chi connectivity index (χ4n) is 13.4. The molecular formula is C60H44N6. The molecule has 0 saturated heterocycles. The number of nitrogens with zero attached hydrogens (tertiary/aromatic N) is 4. The third kappa shape index (κ3) is 5.28. The number of para-hydroxylation sites is 2. The highest BCUT2D eigenvalue weighted by molar-refractivity contribution is 6.17. The molecule has 5 unspecified atom stereocenters. The first-order chi connectivity index (χ1) is 32.5.